The number of aryl methyl sites for hydroxylation is 1. The molecule has 24 heavy (non-hydrogen) atoms. The van der Waals surface area contributed by atoms with Crippen LogP contribution in [0.5, 0.6) is 0 Å². The molecule has 0 aromatic heterocycles. The fourth-order valence-electron chi connectivity index (χ4n) is 3.84. The van der Waals surface area contributed by atoms with Gasteiger partial charge < -0.3 is 15.7 Å². The van der Waals surface area contributed by atoms with Gasteiger partial charge in [0.05, 0.1) is 16.7 Å². The third kappa shape index (κ3) is 3.58. The first-order valence-corrected chi connectivity index (χ1v) is 8.99. The third-order valence-electron chi connectivity index (χ3n) is 5.36. The van der Waals surface area contributed by atoms with Crippen LogP contribution in [0.25, 0.3) is 0 Å². The zero-order valence-corrected chi connectivity index (χ0v) is 14.6. The van der Waals surface area contributed by atoms with Gasteiger partial charge in [0.2, 0.25) is 0 Å². The summed E-state index contributed by atoms with van der Waals surface area (Å²) in [6.07, 6.45) is 3.05. The van der Waals surface area contributed by atoms with Gasteiger partial charge in [-0.05, 0) is 69.2 Å². The molecule has 6 heteroatoms. The number of rotatable bonds is 4. The summed E-state index contributed by atoms with van der Waals surface area (Å²) in [6, 6.07) is 2.81. The monoisotopic (exact) mass is 354 g/mol. The second-order valence-electron chi connectivity index (χ2n) is 7.03. The molecule has 1 amide bonds. The molecular weight excluding hydrogens is 331 g/mol. The number of carbonyl (C=O) groups is 1. The second-order valence-corrected chi connectivity index (χ2v) is 7.40. The lowest BCUT2D eigenvalue weighted by Gasteiger charge is -2.43. The first kappa shape index (κ1) is 17.6. The third-order valence-corrected chi connectivity index (χ3v) is 5.85. The Morgan fingerprint density at radius 2 is 2.00 bits per heavy atom. The lowest BCUT2D eigenvalue weighted by atomic mass is 9.71. The zero-order valence-electron chi connectivity index (χ0n) is 13.8. The van der Waals surface area contributed by atoms with Crippen LogP contribution in [0, 0.1) is 24.6 Å². The molecule has 1 saturated heterocycles. The summed E-state index contributed by atoms with van der Waals surface area (Å²) in [5.41, 5.74) is 0.608. The maximum Gasteiger partial charge on any atom is 0.256 e. The van der Waals surface area contributed by atoms with E-state index in [1.807, 2.05) is 0 Å². The van der Waals surface area contributed by atoms with Crippen molar-refractivity contribution in [3.63, 3.8) is 0 Å². The van der Waals surface area contributed by atoms with Crippen molar-refractivity contribution in [3.05, 3.63) is 34.1 Å². The van der Waals surface area contributed by atoms with Gasteiger partial charge in [-0.25, -0.2) is 4.39 Å². The number of carbonyl (C=O) groups excluding carboxylic acids is 1. The minimum atomic E-state index is -0.596. The van der Waals surface area contributed by atoms with Crippen LogP contribution in [0.2, 0.25) is 5.02 Å². The summed E-state index contributed by atoms with van der Waals surface area (Å²) >= 11 is 6.16. The largest absolute Gasteiger partial charge is 0.393 e. The average Bonchev–Trinajstić information content (AvgIpc) is 2.55. The predicted octanol–water partition coefficient (Wildman–Crippen LogP) is 2.66. The van der Waals surface area contributed by atoms with Crippen molar-refractivity contribution in [1.82, 2.24) is 10.6 Å². The van der Waals surface area contributed by atoms with Crippen LogP contribution in [0.4, 0.5) is 4.39 Å². The lowest BCUT2D eigenvalue weighted by Crippen LogP contribution is -2.53. The van der Waals surface area contributed by atoms with Crippen molar-refractivity contribution < 1.29 is 14.3 Å². The number of amides is 1. The van der Waals surface area contributed by atoms with Gasteiger partial charge in [-0.3, -0.25) is 4.79 Å². The van der Waals surface area contributed by atoms with Crippen molar-refractivity contribution in [2.75, 3.05) is 13.1 Å². The van der Waals surface area contributed by atoms with Gasteiger partial charge >= 0.3 is 0 Å². The number of piperidine rings is 1. The van der Waals surface area contributed by atoms with Gasteiger partial charge in [-0.2, -0.15) is 0 Å². The van der Waals surface area contributed by atoms with Crippen LogP contribution < -0.4 is 10.6 Å². The quantitative estimate of drug-likeness (QED) is 0.779. The molecule has 4 nitrogen and oxygen atoms in total. The number of hydrogen-bond acceptors (Lipinski definition) is 3. The normalized spacial score (nSPS) is 25.8. The van der Waals surface area contributed by atoms with E-state index in [-0.39, 0.29) is 28.6 Å². The van der Waals surface area contributed by atoms with Gasteiger partial charge in [0.15, 0.2) is 0 Å². The molecule has 0 radical (unpaired) electrons. The highest BCUT2D eigenvalue weighted by atomic mass is 35.5. The fraction of sp³-hybridized carbons (Fsp3) is 0.611. The number of nitrogens with one attached hydrogen (secondary N) is 2. The Morgan fingerprint density at radius 1 is 1.33 bits per heavy atom. The zero-order chi connectivity index (χ0) is 17.3. The lowest BCUT2D eigenvalue weighted by molar-refractivity contribution is 0.00914. The standard InChI is InChI=1S/C18H24ClFN2O2/c1-10-2-3-14(20)15(16(10)19)18(24)22-17(12-8-13(23)9-12)11-4-6-21-7-5-11/h2-3,11-13,17,21,23H,4-9H2,1H3,(H,22,24)/t12?,13?,17-/m1/s1. The van der Waals surface area contributed by atoms with Crippen LogP contribution in [0.15, 0.2) is 12.1 Å². The maximum atomic E-state index is 14.1. The fourth-order valence-corrected chi connectivity index (χ4v) is 4.07. The summed E-state index contributed by atoms with van der Waals surface area (Å²) in [4.78, 5) is 12.7. The Balaban J connectivity index is 1.79. The highest BCUT2D eigenvalue weighted by Gasteiger charge is 2.39. The molecule has 1 atom stereocenters. The Labute approximate surface area is 146 Å². The van der Waals surface area contributed by atoms with Crippen molar-refractivity contribution in [2.24, 2.45) is 11.8 Å². The molecule has 0 bridgehead atoms. The predicted molar refractivity (Wildman–Crippen MR) is 91.7 cm³/mol. The van der Waals surface area contributed by atoms with E-state index in [4.69, 9.17) is 11.6 Å². The van der Waals surface area contributed by atoms with E-state index in [9.17, 15) is 14.3 Å². The summed E-state index contributed by atoms with van der Waals surface area (Å²) in [7, 11) is 0. The highest BCUT2D eigenvalue weighted by Crippen LogP contribution is 2.36. The molecule has 1 aromatic carbocycles. The summed E-state index contributed by atoms with van der Waals surface area (Å²) < 4.78 is 14.1. The molecular formula is C18H24ClFN2O2. The van der Waals surface area contributed by atoms with Gasteiger partial charge in [0.1, 0.15) is 5.82 Å². The van der Waals surface area contributed by atoms with Crippen LogP contribution in [0.3, 0.4) is 0 Å². The minimum absolute atomic E-state index is 0.0426. The van der Waals surface area contributed by atoms with Crippen LogP contribution in [0.1, 0.15) is 41.6 Å². The van der Waals surface area contributed by atoms with E-state index in [0.717, 1.165) is 25.9 Å². The molecule has 3 rings (SSSR count). The smallest absolute Gasteiger partial charge is 0.256 e. The molecule has 0 unspecified atom stereocenters. The topological polar surface area (TPSA) is 61.4 Å². The van der Waals surface area contributed by atoms with Gasteiger partial charge in [0.25, 0.3) is 5.91 Å². The summed E-state index contributed by atoms with van der Waals surface area (Å²) in [6.45, 7) is 3.60. The Hall–Kier alpha value is -1.17. The van der Waals surface area contributed by atoms with Crippen LogP contribution in [-0.2, 0) is 0 Å². The van der Waals surface area contributed by atoms with E-state index >= 15 is 0 Å². The van der Waals surface area contributed by atoms with Crippen molar-refractivity contribution in [2.45, 2.75) is 44.8 Å². The molecule has 1 saturated carbocycles. The summed E-state index contributed by atoms with van der Waals surface area (Å²) in [5.74, 6) is -0.454. The van der Waals surface area contributed by atoms with E-state index in [2.05, 4.69) is 10.6 Å². The van der Waals surface area contributed by atoms with Crippen molar-refractivity contribution in [3.8, 4) is 0 Å². The molecule has 3 N–H and O–H groups in total. The van der Waals surface area contributed by atoms with Crippen molar-refractivity contribution >= 4 is 17.5 Å². The van der Waals surface area contributed by atoms with Crippen LogP contribution in [-0.4, -0.2) is 36.2 Å². The molecule has 2 aliphatic rings. The molecule has 1 heterocycles. The Bertz CT molecular complexity index is 613. The molecule has 0 spiro atoms. The van der Waals surface area contributed by atoms with E-state index in [1.54, 1.807) is 13.0 Å². The molecule has 2 fully saturated rings. The number of aliphatic hydroxyl groups is 1. The number of benzene rings is 1. The van der Waals surface area contributed by atoms with E-state index in [1.165, 1.54) is 6.07 Å². The second kappa shape index (κ2) is 7.38. The summed E-state index contributed by atoms with van der Waals surface area (Å²) in [5, 5.41) is 16.2. The molecule has 1 aliphatic heterocycles. The Kier molecular flexibility index (Phi) is 5.42. The molecule has 132 valence electrons. The average molecular weight is 355 g/mol. The first-order valence-electron chi connectivity index (χ1n) is 8.61. The number of halogens is 2. The van der Waals surface area contributed by atoms with Crippen LogP contribution >= 0.6 is 11.6 Å². The highest BCUT2D eigenvalue weighted by molar-refractivity contribution is 6.34. The van der Waals surface area contributed by atoms with E-state index in [0.29, 0.717) is 24.3 Å². The minimum Gasteiger partial charge on any atom is -0.393 e. The SMILES string of the molecule is Cc1ccc(F)c(C(=O)N[C@H](C2CCNCC2)C2CC(O)C2)c1Cl. The maximum absolute atomic E-state index is 14.1. The number of hydrogen-bond donors (Lipinski definition) is 3. The van der Waals surface area contributed by atoms with Gasteiger partial charge in [0, 0.05) is 6.04 Å². The number of aliphatic hydroxyl groups excluding tert-OH is 1. The molecule has 1 aliphatic carbocycles. The Morgan fingerprint density at radius 3 is 2.62 bits per heavy atom. The van der Waals surface area contributed by atoms with Gasteiger partial charge in [-0.15, -0.1) is 0 Å². The van der Waals surface area contributed by atoms with Gasteiger partial charge in [-0.1, -0.05) is 17.7 Å². The first-order chi connectivity index (χ1) is 11.5. The molecule has 1 aromatic rings. The van der Waals surface area contributed by atoms with Crippen molar-refractivity contribution in [1.29, 1.82) is 0 Å². The van der Waals surface area contributed by atoms with E-state index < -0.39 is 11.7 Å².